The number of hydrogen-bond acceptors (Lipinski definition) is 3. The van der Waals surface area contributed by atoms with Gasteiger partial charge in [-0.2, -0.15) is 0 Å². The van der Waals surface area contributed by atoms with E-state index in [4.69, 9.17) is 4.74 Å². The molecule has 0 unspecified atom stereocenters. The van der Waals surface area contributed by atoms with Gasteiger partial charge >= 0.3 is 0 Å². The maximum absolute atomic E-state index is 5.57. The summed E-state index contributed by atoms with van der Waals surface area (Å²) in [5.41, 5.74) is 0.986. The molecule has 4 nitrogen and oxygen atoms in total. The monoisotopic (exact) mass is 217 g/mol. The summed E-state index contributed by atoms with van der Waals surface area (Å²) < 4.78 is 7.29. The molecule has 1 aromatic heterocycles. The standard InChI is InChI=1S/C12H15N3O/c1-2-3-10-16-12-6-4-11(5-7-12)15-9-8-13-14-15/h4-9H,2-3,10H2,1H3. The summed E-state index contributed by atoms with van der Waals surface area (Å²) in [5.74, 6) is 0.900. The van der Waals surface area contributed by atoms with Crippen molar-refractivity contribution in [1.82, 2.24) is 15.0 Å². The fraction of sp³-hybridized carbons (Fsp3) is 0.333. The predicted octanol–water partition coefficient (Wildman–Crippen LogP) is 2.45. The Balaban J connectivity index is 2.00. The second kappa shape index (κ2) is 5.30. The Morgan fingerprint density at radius 2 is 2.06 bits per heavy atom. The fourth-order valence-electron chi connectivity index (χ4n) is 1.38. The van der Waals surface area contributed by atoms with Gasteiger partial charge in [0.2, 0.25) is 0 Å². The smallest absolute Gasteiger partial charge is 0.119 e. The molecule has 1 heterocycles. The number of ether oxygens (including phenoxy) is 1. The Labute approximate surface area is 94.9 Å². The molecule has 0 aliphatic rings. The van der Waals surface area contributed by atoms with Crippen molar-refractivity contribution in [1.29, 1.82) is 0 Å². The molecule has 0 bridgehead atoms. The number of hydrogen-bond donors (Lipinski definition) is 0. The number of benzene rings is 1. The van der Waals surface area contributed by atoms with E-state index in [0.29, 0.717) is 0 Å². The number of nitrogens with zero attached hydrogens (tertiary/aromatic N) is 3. The highest BCUT2D eigenvalue weighted by atomic mass is 16.5. The maximum Gasteiger partial charge on any atom is 0.119 e. The van der Waals surface area contributed by atoms with Crippen LogP contribution in [0.15, 0.2) is 36.7 Å². The zero-order valence-electron chi connectivity index (χ0n) is 9.34. The molecule has 0 fully saturated rings. The molecule has 84 valence electrons. The molecule has 0 N–H and O–H groups in total. The normalized spacial score (nSPS) is 10.3. The lowest BCUT2D eigenvalue weighted by Gasteiger charge is -2.06. The molecule has 0 aliphatic heterocycles. The molecule has 16 heavy (non-hydrogen) atoms. The van der Waals surface area contributed by atoms with Crippen LogP contribution in [0.1, 0.15) is 19.8 Å². The van der Waals surface area contributed by atoms with E-state index in [9.17, 15) is 0 Å². The van der Waals surface area contributed by atoms with Gasteiger partial charge in [-0.3, -0.25) is 0 Å². The quantitative estimate of drug-likeness (QED) is 0.722. The van der Waals surface area contributed by atoms with Crippen molar-refractivity contribution < 1.29 is 4.74 Å². The number of rotatable bonds is 5. The predicted molar refractivity (Wildman–Crippen MR) is 61.8 cm³/mol. The second-order valence-corrected chi connectivity index (χ2v) is 3.54. The van der Waals surface area contributed by atoms with Gasteiger partial charge in [-0.25, -0.2) is 4.68 Å². The van der Waals surface area contributed by atoms with Crippen molar-refractivity contribution in [2.45, 2.75) is 19.8 Å². The molecule has 2 rings (SSSR count). The van der Waals surface area contributed by atoms with Crippen molar-refractivity contribution in [3.63, 3.8) is 0 Å². The van der Waals surface area contributed by atoms with Crippen molar-refractivity contribution in [3.8, 4) is 11.4 Å². The van der Waals surface area contributed by atoms with E-state index in [-0.39, 0.29) is 0 Å². The van der Waals surface area contributed by atoms with E-state index in [0.717, 1.165) is 30.9 Å². The van der Waals surface area contributed by atoms with Crippen LogP contribution in [0.3, 0.4) is 0 Å². The van der Waals surface area contributed by atoms with Crippen LogP contribution in [0.4, 0.5) is 0 Å². The van der Waals surface area contributed by atoms with Crippen molar-refractivity contribution in [2.75, 3.05) is 6.61 Å². The molecule has 0 saturated heterocycles. The van der Waals surface area contributed by atoms with Crippen LogP contribution in [0, 0.1) is 0 Å². The minimum Gasteiger partial charge on any atom is -0.494 e. The van der Waals surface area contributed by atoms with Crippen LogP contribution in [0.5, 0.6) is 5.75 Å². The lowest BCUT2D eigenvalue weighted by Crippen LogP contribution is -1.98. The summed E-state index contributed by atoms with van der Waals surface area (Å²) in [4.78, 5) is 0. The van der Waals surface area contributed by atoms with Gasteiger partial charge in [-0.1, -0.05) is 18.6 Å². The first kappa shape index (κ1) is 10.7. The molecular weight excluding hydrogens is 202 g/mol. The van der Waals surface area contributed by atoms with Crippen LogP contribution in [-0.4, -0.2) is 21.6 Å². The van der Waals surface area contributed by atoms with Gasteiger partial charge in [0, 0.05) is 0 Å². The van der Waals surface area contributed by atoms with Gasteiger partial charge < -0.3 is 4.74 Å². The largest absolute Gasteiger partial charge is 0.494 e. The molecule has 4 heteroatoms. The minimum atomic E-state index is 0.777. The Kier molecular flexibility index (Phi) is 3.53. The average Bonchev–Trinajstić information content (AvgIpc) is 2.84. The van der Waals surface area contributed by atoms with Gasteiger partial charge in [-0.15, -0.1) is 5.10 Å². The van der Waals surface area contributed by atoms with E-state index in [1.807, 2.05) is 30.5 Å². The SMILES string of the molecule is CCCCOc1ccc(-n2ccnn2)cc1. The molecular formula is C12H15N3O. The molecule has 0 radical (unpaired) electrons. The van der Waals surface area contributed by atoms with Gasteiger partial charge in [-0.05, 0) is 30.7 Å². The zero-order chi connectivity index (χ0) is 11.2. The molecule has 2 aromatic rings. The summed E-state index contributed by atoms with van der Waals surface area (Å²) in [7, 11) is 0. The molecule has 0 atom stereocenters. The molecule has 0 spiro atoms. The lowest BCUT2D eigenvalue weighted by molar-refractivity contribution is 0.309. The van der Waals surface area contributed by atoms with Crippen LogP contribution in [-0.2, 0) is 0 Å². The van der Waals surface area contributed by atoms with Crippen LogP contribution in [0.25, 0.3) is 5.69 Å². The highest BCUT2D eigenvalue weighted by Crippen LogP contribution is 2.14. The van der Waals surface area contributed by atoms with Crippen LogP contribution in [0.2, 0.25) is 0 Å². The molecule has 0 amide bonds. The average molecular weight is 217 g/mol. The van der Waals surface area contributed by atoms with Gasteiger partial charge in [0.25, 0.3) is 0 Å². The van der Waals surface area contributed by atoms with Gasteiger partial charge in [0.05, 0.1) is 24.7 Å². The highest BCUT2D eigenvalue weighted by Gasteiger charge is 1.97. The van der Waals surface area contributed by atoms with Crippen molar-refractivity contribution >= 4 is 0 Å². The fourth-order valence-corrected chi connectivity index (χ4v) is 1.38. The van der Waals surface area contributed by atoms with Gasteiger partial charge in [0.1, 0.15) is 5.75 Å². The number of aromatic nitrogens is 3. The van der Waals surface area contributed by atoms with E-state index in [1.54, 1.807) is 10.9 Å². The first-order chi connectivity index (χ1) is 7.90. The highest BCUT2D eigenvalue weighted by molar-refractivity contribution is 5.36. The summed E-state index contributed by atoms with van der Waals surface area (Å²) >= 11 is 0. The van der Waals surface area contributed by atoms with Crippen molar-refractivity contribution in [3.05, 3.63) is 36.7 Å². The first-order valence-electron chi connectivity index (χ1n) is 5.49. The Hall–Kier alpha value is -1.84. The number of unbranched alkanes of at least 4 members (excludes halogenated alkanes) is 1. The maximum atomic E-state index is 5.57. The first-order valence-corrected chi connectivity index (χ1v) is 5.49. The summed E-state index contributed by atoms with van der Waals surface area (Å²) in [6.07, 6.45) is 5.71. The lowest BCUT2D eigenvalue weighted by atomic mass is 10.3. The Morgan fingerprint density at radius 3 is 2.69 bits per heavy atom. The third-order valence-corrected chi connectivity index (χ3v) is 2.29. The topological polar surface area (TPSA) is 39.9 Å². The van der Waals surface area contributed by atoms with Crippen LogP contribution >= 0.6 is 0 Å². The third-order valence-electron chi connectivity index (χ3n) is 2.29. The Bertz CT molecular complexity index is 408. The van der Waals surface area contributed by atoms with Crippen molar-refractivity contribution in [2.24, 2.45) is 0 Å². The van der Waals surface area contributed by atoms with E-state index < -0.39 is 0 Å². The Morgan fingerprint density at radius 1 is 1.25 bits per heavy atom. The summed E-state index contributed by atoms with van der Waals surface area (Å²) in [5, 5.41) is 7.68. The summed E-state index contributed by atoms with van der Waals surface area (Å²) in [6.45, 7) is 2.93. The van der Waals surface area contributed by atoms with E-state index >= 15 is 0 Å². The molecule has 0 saturated carbocycles. The van der Waals surface area contributed by atoms with E-state index in [2.05, 4.69) is 17.2 Å². The molecule has 0 aliphatic carbocycles. The van der Waals surface area contributed by atoms with E-state index in [1.165, 1.54) is 0 Å². The minimum absolute atomic E-state index is 0.777. The second-order valence-electron chi connectivity index (χ2n) is 3.54. The third kappa shape index (κ3) is 2.59. The molecule has 1 aromatic carbocycles. The summed E-state index contributed by atoms with van der Waals surface area (Å²) in [6, 6.07) is 7.84. The van der Waals surface area contributed by atoms with Crippen LogP contribution < -0.4 is 4.74 Å². The van der Waals surface area contributed by atoms with Gasteiger partial charge in [0.15, 0.2) is 0 Å². The zero-order valence-corrected chi connectivity index (χ0v) is 9.34.